The summed E-state index contributed by atoms with van der Waals surface area (Å²) in [5.74, 6) is -0.750. The Morgan fingerprint density at radius 1 is 1.38 bits per heavy atom. The molecule has 1 saturated heterocycles. The summed E-state index contributed by atoms with van der Waals surface area (Å²) in [7, 11) is 0. The second-order valence-electron chi connectivity index (χ2n) is 3.70. The average molecular weight is 242 g/mol. The number of Topliss-reactive ketones (excluding diaryl/α,β-unsaturated/α-hetero) is 1. The minimum atomic E-state index is -0.405. The molecule has 1 aliphatic heterocycles. The van der Waals surface area contributed by atoms with Crippen LogP contribution >= 0.6 is 11.6 Å². The number of ketones is 1. The van der Waals surface area contributed by atoms with Crippen LogP contribution < -0.4 is 0 Å². The molecule has 0 saturated carbocycles. The summed E-state index contributed by atoms with van der Waals surface area (Å²) in [5.41, 5.74) is 0.518. The quantitative estimate of drug-likeness (QED) is 0.741. The number of benzene rings is 1. The van der Waals surface area contributed by atoms with E-state index in [0.717, 1.165) is 0 Å². The van der Waals surface area contributed by atoms with E-state index in [0.29, 0.717) is 10.6 Å². The van der Waals surface area contributed by atoms with Gasteiger partial charge in [-0.1, -0.05) is 11.6 Å². The van der Waals surface area contributed by atoms with Crippen LogP contribution in [0.25, 0.3) is 0 Å². The Bertz CT molecular complexity index is 461. The van der Waals surface area contributed by atoms with Crippen LogP contribution in [-0.2, 0) is 16.1 Å². The lowest BCUT2D eigenvalue weighted by Gasteiger charge is -2.15. The van der Waals surface area contributed by atoms with Crippen molar-refractivity contribution in [1.29, 1.82) is 0 Å². The molecule has 1 aromatic carbocycles. The minimum Gasteiger partial charge on any atom is -0.331 e. The third-order valence-electron chi connectivity index (χ3n) is 2.44. The first-order chi connectivity index (χ1) is 7.56. The number of hydrogen-bond acceptors (Lipinski definition) is 2. The Morgan fingerprint density at radius 2 is 2.12 bits per heavy atom. The van der Waals surface area contributed by atoms with Crippen LogP contribution in [0, 0.1) is 5.82 Å². The highest BCUT2D eigenvalue weighted by Gasteiger charge is 2.27. The van der Waals surface area contributed by atoms with E-state index >= 15 is 0 Å². The highest BCUT2D eigenvalue weighted by Crippen LogP contribution is 2.20. The lowest BCUT2D eigenvalue weighted by atomic mass is 10.2. The van der Waals surface area contributed by atoms with Gasteiger partial charge in [-0.2, -0.15) is 0 Å². The molecule has 0 aromatic heterocycles. The SMILES string of the molecule is O=C1CC(=O)N(Cc2cc(F)ccc2Cl)C1. The van der Waals surface area contributed by atoms with Crippen molar-refractivity contribution in [3.8, 4) is 0 Å². The van der Waals surface area contributed by atoms with E-state index in [1.165, 1.54) is 23.1 Å². The average Bonchev–Trinajstić information content (AvgIpc) is 2.51. The number of nitrogens with zero attached hydrogens (tertiary/aromatic N) is 1. The predicted molar refractivity (Wildman–Crippen MR) is 56.5 cm³/mol. The van der Waals surface area contributed by atoms with E-state index in [4.69, 9.17) is 11.6 Å². The standard InChI is InChI=1S/C11H9ClFNO2/c12-10-2-1-8(13)3-7(10)5-14-6-9(15)4-11(14)16/h1-3H,4-6H2. The van der Waals surface area contributed by atoms with Crippen molar-refractivity contribution in [2.24, 2.45) is 0 Å². The molecule has 3 nitrogen and oxygen atoms in total. The minimum absolute atomic E-state index is 0.0626. The number of rotatable bonds is 2. The van der Waals surface area contributed by atoms with E-state index in [9.17, 15) is 14.0 Å². The second kappa shape index (κ2) is 4.22. The summed E-state index contributed by atoms with van der Waals surface area (Å²) in [4.78, 5) is 23.8. The molecule has 1 fully saturated rings. The van der Waals surface area contributed by atoms with Crippen LogP contribution in [-0.4, -0.2) is 23.1 Å². The largest absolute Gasteiger partial charge is 0.331 e. The number of likely N-dealkylation sites (tertiary alicyclic amines) is 1. The molecular weight excluding hydrogens is 233 g/mol. The summed E-state index contributed by atoms with van der Waals surface area (Å²) in [6.45, 7) is 0.271. The number of amides is 1. The Balaban J connectivity index is 2.18. The molecule has 1 amide bonds. The van der Waals surface area contributed by atoms with Gasteiger partial charge in [0.1, 0.15) is 5.82 Å². The van der Waals surface area contributed by atoms with Gasteiger partial charge in [0.15, 0.2) is 5.78 Å². The predicted octanol–water partition coefficient (Wildman–Crippen LogP) is 1.78. The first kappa shape index (κ1) is 11.1. The van der Waals surface area contributed by atoms with Crippen molar-refractivity contribution in [2.75, 3.05) is 6.54 Å². The maximum atomic E-state index is 13.0. The lowest BCUT2D eigenvalue weighted by molar-refractivity contribution is -0.128. The maximum absolute atomic E-state index is 13.0. The Hall–Kier alpha value is -1.42. The van der Waals surface area contributed by atoms with Crippen LogP contribution in [0.5, 0.6) is 0 Å². The molecule has 0 bridgehead atoms. The summed E-state index contributed by atoms with van der Waals surface area (Å²) in [6, 6.07) is 3.97. The normalized spacial score (nSPS) is 16.0. The van der Waals surface area contributed by atoms with Crippen molar-refractivity contribution in [2.45, 2.75) is 13.0 Å². The molecule has 84 valence electrons. The summed E-state index contributed by atoms with van der Waals surface area (Å²) < 4.78 is 13.0. The second-order valence-corrected chi connectivity index (χ2v) is 4.11. The molecule has 0 radical (unpaired) electrons. The Labute approximate surface area is 96.8 Å². The zero-order chi connectivity index (χ0) is 11.7. The molecule has 0 N–H and O–H groups in total. The lowest BCUT2D eigenvalue weighted by Crippen LogP contribution is -2.24. The highest BCUT2D eigenvalue weighted by atomic mass is 35.5. The first-order valence-corrected chi connectivity index (χ1v) is 5.17. The van der Waals surface area contributed by atoms with Gasteiger partial charge in [-0.3, -0.25) is 9.59 Å². The molecule has 1 aromatic rings. The third kappa shape index (κ3) is 2.22. The number of carbonyl (C=O) groups excluding carboxylic acids is 2. The highest BCUT2D eigenvalue weighted by molar-refractivity contribution is 6.31. The number of halogens is 2. The molecular formula is C11H9ClFNO2. The van der Waals surface area contributed by atoms with Gasteiger partial charge >= 0.3 is 0 Å². The van der Waals surface area contributed by atoms with Gasteiger partial charge in [-0.25, -0.2) is 4.39 Å². The van der Waals surface area contributed by atoms with Crippen LogP contribution in [0.3, 0.4) is 0 Å². The van der Waals surface area contributed by atoms with E-state index < -0.39 is 5.82 Å². The maximum Gasteiger partial charge on any atom is 0.230 e. The van der Waals surface area contributed by atoms with Crippen LogP contribution in [0.15, 0.2) is 18.2 Å². The zero-order valence-electron chi connectivity index (χ0n) is 8.37. The third-order valence-corrected chi connectivity index (χ3v) is 2.81. The monoisotopic (exact) mass is 241 g/mol. The van der Waals surface area contributed by atoms with E-state index in [1.54, 1.807) is 0 Å². The molecule has 5 heteroatoms. The number of hydrogen-bond donors (Lipinski definition) is 0. The molecule has 2 rings (SSSR count). The molecule has 1 aliphatic rings. The molecule has 0 unspecified atom stereocenters. The van der Waals surface area contributed by atoms with E-state index in [1.807, 2.05) is 0 Å². The smallest absolute Gasteiger partial charge is 0.230 e. The van der Waals surface area contributed by atoms with Crippen LogP contribution in [0.4, 0.5) is 4.39 Å². The molecule has 16 heavy (non-hydrogen) atoms. The van der Waals surface area contributed by atoms with Crippen molar-refractivity contribution in [3.63, 3.8) is 0 Å². The van der Waals surface area contributed by atoms with Crippen LogP contribution in [0.2, 0.25) is 5.02 Å². The van der Waals surface area contributed by atoms with Gasteiger partial charge in [0, 0.05) is 11.6 Å². The van der Waals surface area contributed by atoms with Crippen molar-refractivity contribution < 1.29 is 14.0 Å². The van der Waals surface area contributed by atoms with Gasteiger partial charge < -0.3 is 4.90 Å². The molecule has 0 aliphatic carbocycles. The van der Waals surface area contributed by atoms with Crippen molar-refractivity contribution in [3.05, 3.63) is 34.6 Å². The van der Waals surface area contributed by atoms with Crippen molar-refractivity contribution >= 4 is 23.3 Å². The fraction of sp³-hybridized carbons (Fsp3) is 0.273. The molecule has 0 atom stereocenters. The molecule has 0 spiro atoms. The van der Waals surface area contributed by atoms with Gasteiger partial charge in [0.25, 0.3) is 0 Å². The summed E-state index contributed by atoms with van der Waals surface area (Å²) in [6.07, 6.45) is -0.0626. The van der Waals surface area contributed by atoms with Gasteiger partial charge in [-0.05, 0) is 23.8 Å². The fourth-order valence-electron chi connectivity index (χ4n) is 1.65. The Morgan fingerprint density at radius 3 is 2.75 bits per heavy atom. The fourth-order valence-corrected chi connectivity index (χ4v) is 1.83. The number of carbonyl (C=O) groups is 2. The van der Waals surface area contributed by atoms with Gasteiger partial charge in [0.2, 0.25) is 5.91 Å². The van der Waals surface area contributed by atoms with Gasteiger partial charge in [0.05, 0.1) is 13.0 Å². The summed E-state index contributed by atoms with van der Waals surface area (Å²) >= 11 is 5.87. The van der Waals surface area contributed by atoms with Crippen LogP contribution in [0.1, 0.15) is 12.0 Å². The topological polar surface area (TPSA) is 37.4 Å². The van der Waals surface area contributed by atoms with Gasteiger partial charge in [-0.15, -0.1) is 0 Å². The first-order valence-electron chi connectivity index (χ1n) is 4.79. The zero-order valence-corrected chi connectivity index (χ0v) is 9.13. The van der Waals surface area contributed by atoms with Crippen molar-refractivity contribution in [1.82, 2.24) is 4.90 Å². The van der Waals surface area contributed by atoms with E-state index in [2.05, 4.69) is 0 Å². The summed E-state index contributed by atoms with van der Waals surface area (Å²) in [5, 5.41) is 0.397. The Kier molecular flexibility index (Phi) is 2.92. The van der Waals surface area contributed by atoms with E-state index in [-0.39, 0.29) is 31.2 Å². The molecule has 1 heterocycles.